The Labute approximate surface area is 97.8 Å². The van der Waals surface area contributed by atoms with E-state index in [1.165, 1.54) is 12.1 Å². The largest absolute Gasteiger partial charge is 0.391 e. The summed E-state index contributed by atoms with van der Waals surface area (Å²) in [5.74, 6) is 0.748. The highest BCUT2D eigenvalue weighted by molar-refractivity contribution is 5.52. The number of aromatic nitrogens is 1. The standard InChI is InChI=1S/C10H14N4O3/c11-9-3-7(14(16)17)4-10(13-9)12-5-8(15)6-1-2-6/h3-4,6,8,15H,1-2,5H2,(H3,11,12,13). The lowest BCUT2D eigenvalue weighted by Crippen LogP contribution is -2.21. The monoisotopic (exact) mass is 238 g/mol. The molecule has 1 atom stereocenters. The minimum Gasteiger partial charge on any atom is -0.391 e. The van der Waals surface area contributed by atoms with Gasteiger partial charge < -0.3 is 16.2 Å². The summed E-state index contributed by atoms with van der Waals surface area (Å²) in [6, 6.07) is 2.50. The first kappa shape index (κ1) is 11.6. The average molecular weight is 238 g/mol. The summed E-state index contributed by atoms with van der Waals surface area (Å²) in [4.78, 5) is 14.0. The zero-order valence-electron chi connectivity index (χ0n) is 9.17. The molecule has 0 radical (unpaired) electrons. The van der Waals surface area contributed by atoms with Gasteiger partial charge in [0.15, 0.2) is 0 Å². The van der Waals surface area contributed by atoms with Crippen LogP contribution in [0.25, 0.3) is 0 Å². The highest BCUT2D eigenvalue weighted by atomic mass is 16.6. The molecule has 2 rings (SSSR count). The Hall–Kier alpha value is -1.89. The Bertz CT molecular complexity index is 434. The van der Waals surface area contributed by atoms with Gasteiger partial charge in [0.25, 0.3) is 5.69 Å². The number of nitro groups is 1. The van der Waals surface area contributed by atoms with Gasteiger partial charge in [-0.25, -0.2) is 4.98 Å². The van der Waals surface area contributed by atoms with Gasteiger partial charge in [-0.3, -0.25) is 10.1 Å². The number of nitrogens with one attached hydrogen (secondary N) is 1. The Kier molecular flexibility index (Phi) is 3.10. The first-order chi connectivity index (χ1) is 8.06. The molecular formula is C10H14N4O3. The van der Waals surface area contributed by atoms with Crippen molar-refractivity contribution in [3.8, 4) is 0 Å². The van der Waals surface area contributed by atoms with Crippen LogP contribution >= 0.6 is 0 Å². The van der Waals surface area contributed by atoms with E-state index in [0.717, 1.165) is 12.8 Å². The van der Waals surface area contributed by atoms with Crippen LogP contribution < -0.4 is 11.1 Å². The number of rotatable bonds is 5. The normalized spacial score (nSPS) is 16.5. The van der Waals surface area contributed by atoms with E-state index in [0.29, 0.717) is 18.3 Å². The lowest BCUT2D eigenvalue weighted by molar-refractivity contribution is -0.384. The van der Waals surface area contributed by atoms with Crippen molar-refractivity contribution in [2.45, 2.75) is 18.9 Å². The van der Waals surface area contributed by atoms with Gasteiger partial charge in [-0.15, -0.1) is 0 Å². The molecule has 7 heteroatoms. The number of pyridine rings is 1. The molecule has 0 spiro atoms. The molecule has 0 saturated heterocycles. The maximum Gasteiger partial charge on any atom is 0.276 e. The smallest absolute Gasteiger partial charge is 0.276 e. The van der Waals surface area contributed by atoms with Crippen LogP contribution in [-0.4, -0.2) is 27.7 Å². The molecule has 92 valence electrons. The zero-order valence-corrected chi connectivity index (χ0v) is 9.17. The number of nitrogen functional groups attached to an aromatic ring is 1. The van der Waals surface area contributed by atoms with Crippen LogP contribution in [0.2, 0.25) is 0 Å². The van der Waals surface area contributed by atoms with Gasteiger partial charge in [0.2, 0.25) is 0 Å². The van der Waals surface area contributed by atoms with Gasteiger partial charge in [-0.2, -0.15) is 0 Å². The predicted molar refractivity (Wildman–Crippen MR) is 62.5 cm³/mol. The molecule has 17 heavy (non-hydrogen) atoms. The number of hydrogen-bond donors (Lipinski definition) is 3. The third kappa shape index (κ3) is 3.04. The first-order valence-electron chi connectivity index (χ1n) is 5.40. The summed E-state index contributed by atoms with van der Waals surface area (Å²) in [5, 5.41) is 23.1. The van der Waals surface area contributed by atoms with E-state index in [-0.39, 0.29) is 11.5 Å². The molecule has 0 aliphatic heterocycles. The SMILES string of the molecule is Nc1cc([N+](=O)[O-])cc(NCC(O)C2CC2)n1. The third-order valence-electron chi connectivity index (χ3n) is 2.70. The van der Waals surface area contributed by atoms with Crippen LogP contribution in [0.1, 0.15) is 12.8 Å². The van der Waals surface area contributed by atoms with Crippen LogP contribution in [0, 0.1) is 16.0 Å². The first-order valence-corrected chi connectivity index (χ1v) is 5.40. The molecule has 1 unspecified atom stereocenters. The molecule has 7 nitrogen and oxygen atoms in total. The lowest BCUT2D eigenvalue weighted by Gasteiger charge is -2.11. The molecule has 4 N–H and O–H groups in total. The van der Waals surface area contributed by atoms with E-state index < -0.39 is 11.0 Å². The Morgan fingerprint density at radius 3 is 2.94 bits per heavy atom. The number of nitrogens with two attached hydrogens (primary N) is 1. The van der Waals surface area contributed by atoms with Gasteiger partial charge in [-0.05, 0) is 18.8 Å². The van der Waals surface area contributed by atoms with E-state index in [1.54, 1.807) is 0 Å². The molecule has 0 aromatic carbocycles. The maximum atomic E-state index is 10.6. The number of aliphatic hydroxyl groups is 1. The van der Waals surface area contributed by atoms with E-state index in [2.05, 4.69) is 10.3 Å². The van der Waals surface area contributed by atoms with Crippen molar-refractivity contribution in [1.29, 1.82) is 0 Å². The van der Waals surface area contributed by atoms with Crippen molar-refractivity contribution in [3.05, 3.63) is 22.2 Å². The summed E-state index contributed by atoms with van der Waals surface area (Å²) in [7, 11) is 0. The lowest BCUT2D eigenvalue weighted by atomic mass is 10.2. The molecule has 1 fully saturated rings. The minimum absolute atomic E-state index is 0.0858. The molecule has 1 aromatic heterocycles. The third-order valence-corrected chi connectivity index (χ3v) is 2.70. The fourth-order valence-electron chi connectivity index (χ4n) is 1.59. The highest BCUT2D eigenvalue weighted by Gasteiger charge is 2.29. The summed E-state index contributed by atoms with van der Waals surface area (Å²) in [5.41, 5.74) is 5.35. The Morgan fingerprint density at radius 1 is 1.65 bits per heavy atom. The van der Waals surface area contributed by atoms with Crippen molar-refractivity contribution in [2.75, 3.05) is 17.6 Å². The van der Waals surface area contributed by atoms with Gasteiger partial charge in [-0.1, -0.05) is 0 Å². The molecule has 1 aliphatic rings. The van der Waals surface area contributed by atoms with Crippen molar-refractivity contribution in [2.24, 2.45) is 5.92 Å². The van der Waals surface area contributed by atoms with Crippen molar-refractivity contribution in [1.82, 2.24) is 4.98 Å². The second-order valence-electron chi connectivity index (χ2n) is 4.18. The fourth-order valence-corrected chi connectivity index (χ4v) is 1.59. The van der Waals surface area contributed by atoms with Crippen LogP contribution in [0.4, 0.5) is 17.3 Å². The molecule has 1 aromatic rings. The highest BCUT2D eigenvalue weighted by Crippen LogP contribution is 2.32. The van der Waals surface area contributed by atoms with E-state index in [9.17, 15) is 15.2 Å². The Balaban J connectivity index is 2.01. The summed E-state index contributed by atoms with van der Waals surface area (Å²) < 4.78 is 0. The average Bonchev–Trinajstić information content (AvgIpc) is 3.08. The van der Waals surface area contributed by atoms with E-state index in [4.69, 9.17) is 5.73 Å². The summed E-state index contributed by atoms with van der Waals surface area (Å²) in [6.07, 6.45) is 1.64. The minimum atomic E-state index is -0.527. The Morgan fingerprint density at radius 2 is 2.35 bits per heavy atom. The van der Waals surface area contributed by atoms with Crippen LogP contribution in [-0.2, 0) is 0 Å². The number of aliphatic hydroxyl groups excluding tert-OH is 1. The number of anilines is 2. The topological polar surface area (TPSA) is 114 Å². The van der Waals surface area contributed by atoms with Crippen molar-refractivity contribution >= 4 is 17.3 Å². The van der Waals surface area contributed by atoms with E-state index in [1.807, 2.05) is 0 Å². The maximum absolute atomic E-state index is 10.6. The van der Waals surface area contributed by atoms with Crippen LogP contribution in [0.15, 0.2) is 12.1 Å². The predicted octanol–water partition coefficient (Wildman–Crippen LogP) is 0.755. The van der Waals surface area contributed by atoms with E-state index >= 15 is 0 Å². The zero-order chi connectivity index (χ0) is 12.4. The van der Waals surface area contributed by atoms with Crippen molar-refractivity contribution < 1.29 is 10.0 Å². The summed E-state index contributed by atoms with van der Waals surface area (Å²) >= 11 is 0. The van der Waals surface area contributed by atoms with Gasteiger partial charge in [0.1, 0.15) is 11.6 Å². The number of hydrogen-bond acceptors (Lipinski definition) is 6. The quantitative estimate of drug-likeness (QED) is 0.515. The second kappa shape index (κ2) is 4.54. The molecular weight excluding hydrogens is 224 g/mol. The molecule has 0 amide bonds. The van der Waals surface area contributed by atoms with Crippen LogP contribution in [0.5, 0.6) is 0 Å². The molecule has 0 bridgehead atoms. The summed E-state index contributed by atoms with van der Waals surface area (Å²) in [6.45, 7) is 0.332. The fraction of sp³-hybridized carbons (Fsp3) is 0.500. The number of nitrogens with zero attached hydrogens (tertiary/aromatic N) is 2. The van der Waals surface area contributed by atoms with Crippen LogP contribution in [0.3, 0.4) is 0 Å². The molecule has 1 aliphatic carbocycles. The van der Waals surface area contributed by atoms with Gasteiger partial charge in [0.05, 0.1) is 23.2 Å². The molecule has 1 heterocycles. The molecule has 1 saturated carbocycles. The van der Waals surface area contributed by atoms with Crippen molar-refractivity contribution in [3.63, 3.8) is 0 Å². The van der Waals surface area contributed by atoms with Gasteiger partial charge >= 0.3 is 0 Å². The van der Waals surface area contributed by atoms with Gasteiger partial charge in [0, 0.05) is 6.54 Å². The second-order valence-corrected chi connectivity index (χ2v) is 4.18.